The molecule has 0 saturated carbocycles. The highest BCUT2D eigenvalue weighted by atomic mass is 16.6. The summed E-state index contributed by atoms with van der Waals surface area (Å²) in [5.74, 6) is -1.07. The maximum absolute atomic E-state index is 14.0. The summed E-state index contributed by atoms with van der Waals surface area (Å²) in [6, 6.07) is 13.3. The second-order valence-corrected chi connectivity index (χ2v) is 11.0. The molecule has 0 aromatic heterocycles. The van der Waals surface area contributed by atoms with Crippen LogP contribution >= 0.6 is 0 Å². The van der Waals surface area contributed by atoms with Gasteiger partial charge in [0, 0.05) is 12.6 Å². The van der Waals surface area contributed by atoms with Crippen molar-refractivity contribution < 1.29 is 38.5 Å². The second kappa shape index (κ2) is 12.0. The number of methoxy groups -OCH3 is 1. The molecule has 0 saturated heterocycles. The van der Waals surface area contributed by atoms with Gasteiger partial charge < -0.3 is 29.5 Å². The zero-order valence-corrected chi connectivity index (χ0v) is 24.5. The summed E-state index contributed by atoms with van der Waals surface area (Å²) in [6.45, 7) is 6.65. The first-order valence-corrected chi connectivity index (χ1v) is 13.4. The minimum atomic E-state index is -1.07. The number of hydrogen-bond acceptors (Lipinski definition) is 7. The fraction of sp³-hybridized carbons (Fsp3) is 0.355. The van der Waals surface area contributed by atoms with Gasteiger partial charge in [-0.3, -0.25) is 14.5 Å². The lowest BCUT2D eigenvalue weighted by Gasteiger charge is -2.30. The van der Waals surface area contributed by atoms with Crippen molar-refractivity contribution in [2.45, 2.75) is 51.9 Å². The van der Waals surface area contributed by atoms with Gasteiger partial charge in [0.25, 0.3) is 5.91 Å². The van der Waals surface area contributed by atoms with Crippen molar-refractivity contribution in [1.82, 2.24) is 10.2 Å². The maximum atomic E-state index is 14.0. The largest absolute Gasteiger partial charge is 0.496 e. The van der Waals surface area contributed by atoms with Crippen molar-refractivity contribution in [3.8, 4) is 11.5 Å². The topological polar surface area (TPSA) is 135 Å². The molecule has 11 nitrogen and oxygen atoms in total. The van der Waals surface area contributed by atoms with E-state index in [4.69, 9.17) is 14.2 Å². The number of likely N-dealkylation sites (N-methyl/N-ethyl adjacent to an activating group) is 1. The summed E-state index contributed by atoms with van der Waals surface area (Å²) in [7, 11) is 2.97. The standard InChI is InChI=1S/C31H35N3O8/c1-18(33(5)30(39)42-31(2,3)4)27(35)32-23-17-41-26-10-8-7-9-24(26)34(28(23)36)16-22-21-13-11-20(29(37)38)15-19(21)12-14-25(22)40-6/h7-15,18,23H,16-17H2,1-6H3,(H,32,35)(H,37,38). The molecule has 0 fully saturated rings. The van der Waals surface area contributed by atoms with Gasteiger partial charge in [0.15, 0.2) is 0 Å². The number of amides is 3. The van der Waals surface area contributed by atoms with Gasteiger partial charge in [-0.15, -0.1) is 0 Å². The third-order valence-electron chi connectivity index (χ3n) is 6.96. The van der Waals surface area contributed by atoms with E-state index < -0.39 is 41.6 Å². The SMILES string of the molecule is COc1ccc2cc(C(=O)O)ccc2c1CN1C(=O)C(NC(=O)C(C)N(C)C(=O)OC(C)(C)C)COc2ccccc21. The second-order valence-electron chi connectivity index (χ2n) is 11.0. The number of aromatic carboxylic acids is 1. The van der Waals surface area contributed by atoms with Gasteiger partial charge in [0.05, 0.1) is 24.9 Å². The summed E-state index contributed by atoms with van der Waals surface area (Å²) in [5, 5.41) is 13.6. The minimum Gasteiger partial charge on any atom is -0.496 e. The van der Waals surface area contributed by atoms with E-state index >= 15 is 0 Å². The molecular formula is C31H35N3O8. The molecule has 1 heterocycles. The van der Waals surface area contributed by atoms with Crippen LogP contribution in [-0.2, 0) is 20.9 Å². The smallest absolute Gasteiger partial charge is 0.410 e. The molecule has 0 bridgehead atoms. The van der Waals surface area contributed by atoms with E-state index in [2.05, 4.69) is 5.32 Å². The average molecular weight is 578 g/mol. The summed E-state index contributed by atoms with van der Waals surface area (Å²) in [4.78, 5) is 54.0. The molecule has 2 atom stereocenters. The number of ether oxygens (including phenoxy) is 3. The molecule has 11 heteroatoms. The summed E-state index contributed by atoms with van der Waals surface area (Å²) < 4.78 is 17.0. The molecule has 0 spiro atoms. The zero-order valence-electron chi connectivity index (χ0n) is 24.5. The van der Waals surface area contributed by atoms with E-state index in [1.807, 2.05) is 0 Å². The Labute approximate surface area is 243 Å². The number of para-hydroxylation sites is 2. The summed E-state index contributed by atoms with van der Waals surface area (Å²) in [5.41, 5.74) is 0.549. The van der Waals surface area contributed by atoms with E-state index in [-0.39, 0.29) is 18.7 Å². The highest BCUT2D eigenvalue weighted by Crippen LogP contribution is 2.36. The Morgan fingerprint density at radius 3 is 2.52 bits per heavy atom. The highest BCUT2D eigenvalue weighted by Gasteiger charge is 2.36. The number of anilines is 1. The van der Waals surface area contributed by atoms with Crippen LogP contribution in [0.25, 0.3) is 10.8 Å². The van der Waals surface area contributed by atoms with E-state index in [9.17, 15) is 24.3 Å². The van der Waals surface area contributed by atoms with Crippen LogP contribution in [0.15, 0.2) is 54.6 Å². The molecular weight excluding hydrogens is 542 g/mol. The van der Waals surface area contributed by atoms with Crippen LogP contribution in [0.5, 0.6) is 11.5 Å². The Morgan fingerprint density at radius 2 is 1.86 bits per heavy atom. The molecule has 2 unspecified atom stereocenters. The monoisotopic (exact) mass is 577 g/mol. The van der Waals surface area contributed by atoms with Crippen molar-refractivity contribution in [3.05, 3.63) is 65.7 Å². The van der Waals surface area contributed by atoms with E-state index in [0.29, 0.717) is 33.5 Å². The van der Waals surface area contributed by atoms with Crippen molar-refractivity contribution in [2.75, 3.05) is 25.7 Å². The number of carbonyl (C=O) groups excluding carboxylic acids is 3. The van der Waals surface area contributed by atoms with Crippen molar-refractivity contribution >= 4 is 40.3 Å². The van der Waals surface area contributed by atoms with Crippen LogP contribution in [0, 0.1) is 0 Å². The van der Waals surface area contributed by atoms with Crippen LogP contribution in [0.2, 0.25) is 0 Å². The number of carbonyl (C=O) groups is 4. The summed E-state index contributed by atoms with van der Waals surface area (Å²) >= 11 is 0. The van der Waals surface area contributed by atoms with Crippen molar-refractivity contribution in [1.29, 1.82) is 0 Å². The van der Waals surface area contributed by atoms with Crippen LogP contribution in [0.3, 0.4) is 0 Å². The molecule has 0 aliphatic carbocycles. The van der Waals surface area contributed by atoms with Crippen molar-refractivity contribution in [2.24, 2.45) is 0 Å². The molecule has 42 heavy (non-hydrogen) atoms. The van der Waals surface area contributed by atoms with Gasteiger partial charge in [0.2, 0.25) is 5.91 Å². The van der Waals surface area contributed by atoms with Gasteiger partial charge in [-0.05, 0) is 68.8 Å². The fourth-order valence-corrected chi connectivity index (χ4v) is 4.60. The molecule has 3 aromatic carbocycles. The Morgan fingerprint density at radius 1 is 1.14 bits per heavy atom. The molecule has 1 aliphatic rings. The number of carboxylic acids is 1. The first kappa shape index (κ1) is 30.2. The molecule has 222 valence electrons. The lowest BCUT2D eigenvalue weighted by atomic mass is 10.00. The number of rotatable bonds is 7. The predicted octanol–water partition coefficient (Wildman–Crippen LogP) is 4.21. The molecule has 4 rings (SSSR count). The molecule has 2 N–H and O–H groups in total. The van der Waals surface area contributed by atoms with Gasteiger partial charge in [-0.25, -0.2) is 9.59 Å². The van der Waals surface area contributed by atoms with Crippen LogP contribution in [0.1, 0.15) is 43.6 Å². The number of hydrogen-bond donors (Lipinski definition) is 2. The van der Waals surface area contributed by atoms with E-state index in [0.717, 1.165) is 0 Å². The first-order valence-electron chi connectivity index (χ1n) is 13.4. The molecule has 0 radical (unpaired) electrons. The number of nitrogens with one attached hydrogen (secondary N) is 1. The van der Waals surface area contributed by atoms with Gasteiger partial charge in [-0.2, -0.15) is 0 Å². The average Bonchev–Trinajstić information content (AvgIpc) is 3.07. The Kier molecular flexibility index (Phi) is 8.60. The highest BCUT2D eigenvalue weighted by molar-refractivity contribution is 6.03. The minimum absolute atomic E-state index is 0.0475. The van der Waals surface area contributed by atoms with Crippen molar-refractivity contribution in [3.63, 3.8) is 0 Å². The third-order valence-corrected chi connectivity index (χ3v) is 6.96. The maximum Gasteiger partial charge on any atom is 0.410 e. The van der Waals surface area contributed by atoms with Crippen LogP contribution in [-0.4, -0.2) is 72.3 Å². The van der Waals surface area contributed by atoms with E-state index in [1.54, 1.807) is 76.2 Å². The number of benzene rings is 3. The fourth-order valence-electron chi connectivity index (χ4n) is 4.60. The number of fused-ring (bicyclic) bond motifs is 2. The van der Waals surface area contributed by atoms with Gasteiger partial charge in [0.1, 0.15) is 35.8 Å². The van der Waals surface area contributed by atoms with Crippen LogP contribution < -0.4 is 19.7 Å². The Bertz CT molecular complexity index is 1530. The molecule has 3 aromatic rings. The third kappa shape index (κ3) is 6.40. The van der Waals surface area contributed by atoms with Crippen LogP contribution in [0.4, 0.5) is 10.5 Å². The predicted molar refractivity (Wildman–Crippen MR) is 156 cm³/mol. The van der Waals surface area contributed by atoms with Gasteiger partial charge >= 0.3 is 12.1 Å². The molecule has 3 amide bonds. The number of carboxylic acid groups (broad SMARTS) is 1. The Balaban J connectivity index is 1.66. The zero-order chi connectivity index (χ0) is 30.8. The summed E-state index contributed by atoms with van der Waals surface area (Å²) in [6.07, 6.45) is -0.670. The lowest BCUT2D eigenvalue weighted by molar-refractivity contribution is -0.130. The number of nitrogens with zero attached hydrogens (tertiary/aromatic N) is 2. The lowest BCUT2D eigenvalue weighted by Crippen LogP contribution is -2.55. The normalized spacial score (nSPS) is 15.6. The molecule has 1 aliphatic heterocycles. The Hall–Kier alpha value is -4.80. The van der Waals surface area contributed by atoms with Gasteiger partial charge in [-0.1, -0.05) is 24.3 Å². The quantitative estimate of drug-likeness (QED) is 0.427. The first-order chi connectivity index (χ1) is 19.8. The van der Waals surface area contributed by atoms with E-state index in [1.165, 1.54) is 30.0 Å².